The summed E-state index contributed by atoms with van der Waals surface area (Å²) in [6, 6.07) is 7.07. The van der Waals surface area contributed by atoms with Crippen LogP contribution in [0.1, 0.15) is 24.2 Å². The van der Waals surface area contributed by atoms with Crippen LogP contribution in [-0.2, 0) is 9.59 Å². The number of benzene rings is 1. The average Bonchev–Trinajstić information content (AvgIpc) is 2.57. The minimum Gasteiger partial charge on any atom is -0.292 e. The molecule has 0 spiro atoms. The molecule has 1 saturated heterocycles. The van der Waals surface area contributed by atoms with E-state index < -0.39 is 0 Å². The number of halogens is 1. The molecule has 0 aromatic heterocycles. The third kappa shape index (κ3) is 2.70. The van der Waals surface area contributed by atoms with Gasteiger partial charge in [0, 0.05) is 21.0 Å². The van der Waals surface area contributed by atoms with Crippen molar-refractivity contribution in [2.45, 2.75) is 13.8 Å². The molecule has 1 aromatic rings. The van der Waals surface area contributed by atoms with Crippen molar-refractivity contribution in [3.8, 4) is 0 Å². The van der Waals surface area contributed by atoms with Gasteiger partial charge in [-0.1, -0.05) is 26.0 Å². The number of nitrogens with zero attached hydrogens (tertiary/aromatic N) is 1. The summed E-state index contributed by atoms with van der Waals surface area (Å²) in [5.41, 5.74) is 0.522. The second kappa shape index (κ2) is 5.40. The molecule has 19 heavy (non-hydrogen) atoms. The number of imide groups is 1. The molecule has 2 atom stereocenters. The lowest BCUT2D eigenvalue weighted by Gasteiger charge is -2.13. The number of carbonyl (C=O) groups is 3. The van der Waals surface area contributed by atoms with Crippen LogP contribution in [-0.4, -0.2) is 29.0 Å². The first-order chi connectivity index (χ1) is 8.91. The fraction of sp³-hybridized carbons (Fsp3) is 0.357. The van der Waals surface area contributed by atoms with E-state index in [9.17, 15) is 14.4 Å². The van der Waals surface area contributed by atoms with Gasteiger partial charge >= 0.3 is 0 Å². The van der Waals surface area contributed by atoms with Crippen LogP contribution in [0.15, 0.2) is 24.3 Å². The number of Topliss-reactive ketones (excluding diaryl/α,β-unsaturated/α-hetero) is 1. The van der Waals surface area contributed by atoms with Crippen molar-refractivity contribution in [2.24, 2.45) is 11.8 Å². The smallest absolute Gasteiger partial charge is 0.233 e. The molecule has 4 nitrogen and oxygen atoms in total. The topological polar surface area (TPSA) is 54.5 Å². The van der Waals surface area contributed by atoms with Crippen molar-refractivity contribution < 1.29 is 14.4 Å². The Hall–Kier alpha value is -1.24. The van der Waals surface area contributed by atoms with E-state index >= 15 is 0 Å². The Labute approximate surface area is 125 Å². The van der Waals surface area contributed by atoms with Gasteiger partial charge in [-0.25, -0.2) is 0 Å². The maximum absolute atomic E-state index is 12.1. The highest BCUT2D eigenvalue weighted by atomic mass is 127. The first kappa shape index (κ1) is 14.2. The number of carbonyl (C=O) groups excluding carboxylic acids is 3. The Kier molecular flexibility index (Phi) is 4.03. The van der Waals surface area contributed by atoms with E-state index in [0.29, 0.717) is 5.56 Å². The minimum atomic E-state index is -0.336. The van der Waals surface area contributed by atoms with Gasteiger partial charge in [-0.15, -0.1) is 0 Å². The van der Waals surface area contributed by atoms with E-state index in [0.717, 1.165) is 8.47 Å². The minimum absolute atomic E-state index is 0.160. The SMILES string of the molecule is CC1C(=O)N(CC(=O)c2ccc(I)cc2)C(=O)C1C. The summed E-state index contributed by atoms with van der Waals surface area (Å²) in [6.45, 7) is 3.29. The first-order valence-corrected chi connectivity index (χ1v) is 7.13. The van der Waals surface area contributed by atoms with Gasteiger partial charge in [0.25, 0.3) is 0 Å². The van der Waals surface area contributed by atoms with Crippen LogP contribution in [0, 0.1) is 15.4 Å². The van der Waals surface area contributed by atoms with Gasteiger partial charge < -0.3 is 0 Å². The van der Waals surface area contributed by atoms with E-state index in [1.54, 1.807) is 26.0 Å². The summed E-state index contributed by atoms with van der Waals surface area (Å²) >= 11 is 2.15. The van der Waals surface area contributed by atoms with E-state index in [4.69, 9.17) is 0 Å². The van der Waals surface area contributed by atoms with Crippen LogP contribution in [0.2, 0.25) is 0 Å². The first-order valence-electron chi connectivity index (χ1n) is 6.06. The number of hydrogen-bond donors (Lipinski definition) is 0. The highest BCUT2D eigenvalue weighted by molar-refractivity contribution is 14.1. The average molecular weight is 371 g/mol. The molecule has 0 radical (unpaired) electrons. The van der Waals surface area contributed by atoms with Crippen LogP contribution >= 0.6 is 22.6 Å². The van der Waals surface area contributed by atoms with Crippen LogP contribution in [0.25, 0.3) is 0 Å². The number of rotatable bonds is 3. The zero-order chi connectivity index (χ0) is 14.2. The molecule has 5 heteroatoms. The lowest BCUT2D eigenvalue weighted by Crippen LogP contribution is -2.35. The molecule has 1 heterocycles. The van der Waals surface area contributed by atoms with Crippen molar-refractivity contribution in [3.63, 3.8) is 0 Å². The van der Waals surface area contributed by atoms with Gasteiger partial charge in [0.1, 0.15) is 0 Å². The lowest BCUT2D eigenvalue weighted by atomic mass is 10.00. The Balaban J connectivity index is 2.13. The Morgan fingerprint density at radius 3 is 2.05 bits per heavy atom. The standard InChI is InChI=1S/C14H14INO3/c1-8-9(2)14(19)16(13(8)18)7-12(17)10-3-5-11(15)6-4-10/h3-6,8-9H,7H2,1-2H3. The molecular formula is C14H14INO3. The number of likely N-dealkylation sites (tertiary alicyclic amines) is 1. The van der Waals surface area contributed by atoms with Crippen LogP contribution < -0.4 is 0 Å². The number of amides is 2. The van der Waals surface area contributed by atoms with Gasteiger partial charge in [-0.3, -0.25) is 19.3 Å². The molecule has 1 aliphatic rings. The predicted octanol–water partition coefficient (Wildman–Crippen LogP) is 2.11. The summed E-state index contributed by atoms with van der Waals surface area (Å²) in [5, 5.41) is 0. The molecule has 0 aliphatic carbocycles. The molecule has 100 valence electrons. The summed E-state index contributed by atoms with van der Waals surface area (Å²) in [6.07, 6.45) is 0. The van der Waals surface area contributed by atoms with E-state index in [2.05, 4.69) is 22.6 Å². The molecule has 0 N–H and O–H groups in total. The third-order valence-corrected chi connectivity index (χ3v) is 4.25. The zero-order valence-electron chi connectivity index (χ0n) is 10.7. The van der Waals surface area contributed by atoms with Crippen molar-refractivity contribution in [2.75, 3.05) is 6.54 Å². The fourth-order valence-corrected chi connectivity index (χ4v) is 2.41. The molecule has 2 unspecified atom stereocenters. The maximum Gasteiger partial charge on any atom is 0.233 e. The van der Waals surface area contributed by atoms with Gasteiger partial charge in [0.15, 0.2) is 5.78 Å². The van der Waals surface area contributed by atoms with Gasteiger partial charge in [0.05, 0.1) is 6.54 Å². The Morgan fingerprint density at radius 1 is 1.11 bits per heavy atom. The van der Waals surface area contributed by atoms with Crippen molar-refractivity contribution in [1.29, 1.82) is 0 Å². The maximum atomic E-state index is 12.1. The Morgan fingerprint density at radius 2 is 1.58 bits per heavy atom. The van der Waals surface area contributed by atoms with Crippen LogP contribution in [0.4, 0.5) is 0 Å². The van der Waals surface area contributed by atoms with Gasteiger partial charge in [-0.2, -0.15) is 0 Å². The highest BCUT2D eigenvalue weighted by Crippen LogP contribution is 2.25. The molecule has 1 aromatic carbocycles. The summed E-state index contributed by atoms with van der Waals surface area (Å²) in [4.78, 5) is 36.9. The van der Waals surface area contributed by atoms with E-state index in [-0.39, 0.29) is 36.0 Å². The highest BCUT2D eigenvalue weighted by Gasteiger charge is 2.42. The summed E-state index contributed by atoms with van der Waals surface area (Å²) in [7, 11) is 0. The zero-order valence-corrected chi connectivity index (χ0v) is 12.9. The molecule has 1 fully saturated rings. The fourth-order valence-electron chi connectivity index (χ4n) is 2.05. The number of hydrogen-bond acceptors (Lipinski definition) is 3. The van der Waals surface area contributed by atoms with Crippen LogP contribution in [0.5, 0.6) is 0 Å². The van der Waals surface area contributed by atoms with Crippen LogP contribution in [0.3, 0.4) is 0 Å². The van der Waals surface area contributed by atoms with Crippen molar-refractivity contribution in [3.05, 3.63) is 33.4 Å². The number of ketones is 1. The Bertz CT molecular complexity index is 518. The molecule has 2 amide bonds. The van der Waals surface area contributed by atoms with Gasteiger partial charge in [-0.05, 0) is 34.7 Å². The van der Waals surface area contributed by atoms with Gasteiger partial charge in [0.2, 0.25) is 11.8 Å². The monoisotopic (exact) mass is 371 g/mol. The second-order valence-corrected chi connectivity index (χ2v) is 6.02. The summed E-state index contributed by atoms with van der Waals surface area (Å²) in [5.74, 6) is -1.39. The quantitative estimate of drug-likeness (QED) is 0.465. The van der Waals surface area contributed by atoms with E-state index in [1.165, 1.54) is 0 Å². The molecule has 0 saturated carbocycles. The molecular weight excluding hydrogens is 357 g/mol. The van der Waals surface area contributed by atoms with Crippen molar-refractivity contribution in [1.82, 2.24) is 4.90 Å². The van der Waals surface area contributed by atoms with Crippen molar-refractivity contribution >= 4 is 40.2 Å². The third-order valence-electron chi connectivity index (χ3n) is 3.53. The second-order valence-electron chi connectivity index (χ2n) is 4.77. The van der Waals surface area contributed by atoms with E-state index in [1.807, 2.05) is 12.1 Å². The molecule has 2 rings (SSSR count). The lowest BCUT2D eigenvalue weighted by molar-refractivity contribution is -0.139. The summed E-state index contributed by atoms with van der Waals surface area (Å²) < 4.78 is 1.03. The molecule has 1 aliphatic heterocycles. The largest absolute Gasteiger partial charge is 0.292 e. The normalized spacial score (nSPS) is 23.0. The molecule has 0 bridgehead atoms. The predicted molar refractivity (Wildman–Crippen MR) is 78.5 cm³/mol.